The Kier molecular flexibility index (Phi) is 4.74. The molecule has 0 saturated heterocycles. The van der Waals surface area contributed by atoms with Crippen molar-refractivity contribution in [3.63, 3.8) is 0 Å². The van der Waals surface area contributed by atoms with Crippen molar-refractivity contribution in [3.8, 4) is 0 Å². The van der Waals surface area contributed by atoms with Crippen LogP contribution >= 0.6 is 0 Å². The van der Waals surface area contributed by atoms with E-state index in [2.05, 4.69) is 11.3 Å². The number of fused-ring (bicyclic) bond motifs is 1. The molecule has 0 aliphatic carbocycles. The Morgan fingerprint density at radius 2 is 2.04 bits per heavy atom. The molecule has 0 aromatic heterocycles. The fourth-order valence-electron chi connectivity index (χ4n) is 3.06. The molecule has 2 aromatic rings. The van der Waals surface area contributed by atoms with Gasteiger partial charge in [-0.25, -0.2) is 13.1 Å². The van der Waals surface area contributed by atoms with Crippen LogP contribution in [0.1, 0.15) is 22.8 Å². The maximum Gasteiger partial charge on any atom is 0.258 e. The summed E-state index contributed by atoms with van der Waals surface area (Å²) < 4.78 is 26.9. The van der Waals surface area contributed by atoms with Crippen molar-refractivity contribution in [2.45, 2.75) is 24.3 Å². The summed E-state index contributed by atoms with van der Waals surface area (Å²) in [6.07, 6.45) is 2.26. The van der Waals surface area contributed by atoms with Crippen molar-refractivity contribution < 1.29 is 13.2 Å². The van der Waals surface area contributed by atoms with Crippen LogP contribution < -0.4 is 9.62 Å². The van der Waals surface area contributed by atoms with Gasteiger partial charge in [0.05, 0.1) is 4.90 Å². The van der Waals surface area contributed by atoms with Gasteiger partial charge in [0, 0.05) is 23.8 Å². The number of nitrogens with zero attached hydrogens (tertiary/aromatic N) is 1. The highest BCUT2D eigenvalue weighted by atomic mass is 32.2. The third-order valence-corrected chi connectivity index (χ3v) is 5.66. The number of rotatable bonds is 5. The van der Waals surface area contributed by atoms with Gasteiger partial charge in [-0.05, 0) is 43.2 Å². The van der Waals surface area contributed by atoms with Gasteiger partial charge in [-0.3, -0.25) is 4.79 Å². The highest BCUT2D eigenvalue weighted by Gasteiger charge is 2.31. The molecular weight excluding hydrogens is 336 g/mol. The van der Waals surface area contributed by atoms with Gasteiger partial charge >= 0.3 is 0 Å². The average Bonchev–Trinajstić information content (AvgIpc) is 2.95. The fourth-order valence-corrected chi connectivity index (χ4v) is 4.11. The van der Waals surface area contributed by atoms with Crippen molar-refractivity contribution in [2.75, 3.05) is 11.4 Å². The second-order valence-electron chi connectivity index (χ2n) is 6.03. The number of amides is 1. The molecule has 0 radical (unpaired) electrons. The van der Waals surface area contributed by atoms with E-state index >= 15 is 0 Å². The summed E-state index contributed by atoms with van der Waals surface area (Å²) in [5.41, 5.74) is 2.36. The summed E-state index contributed by atoms with van der Waals surface area (Å²) in [7, 11) is -3.67. The van der Waals surface area contributed by atoms with Gasteiger partial charge in [0.1, 0.15) is 0 Å². The number of hydrogen-bond donors (Lipinski definition) is 1. The van der Waals surface area contributed by atoms with E-state index in [1.165, 1.54) is 18.2 Å². The van der Waals surface area contributed by atoms with Gasteiger partial charge in [-0.15, -0.1) is 6.58 Å². The van der Waals surface area contributed by atoms with Gasteiger partial charge < -0.3 is 4.90 Å². The van der Waals surface area contributed by atoms with E-state index in [0.717, 1.165) is 17.7 Å². The minimum absolute atomic E-state index is 0.0315. The zero-order chi connectivity index (χ0) is 18.0. The standard InChI is InChI=1S/C19H20N2O3S/c1-3-11-20-25(23,24)17-9-6-8-16(13-17)19(22)21-14(2)12-15-7-4-5-10-18(15)21/h3-10,13-14,20H,1,11-12H2,2H3. The van der Waals surface area contributed by atoms with Crippen molar-refractivity contribution in [1.82, 2.24) is 4.72 Å². The molecule has 1 aliphatic heterocycles. The Balaban J connectivity index is 1.94. The lowest BCUT2D eigenvalue weighted by Gasteiger charge is -2.23. The Labute approximate surface area is 148 Å². The highest BCUT2D eigenvalue weighted by Crippen LogP contribution is 2.33. The molecule has 0 bridgehead atoms. The minimum atomic E-state index is -3.67. The maximum absolute atomic E-state index is 13.0. The molecule has 1 atom stereocenters. The number of para-hydroxylation sites is 1. The Morgan fingerprint density at radius 1 is 1.28 bits per heavy atom. The molecule has 25 heavy (non-hydrogen) atoms. The van der Waals surface area contributed by atoms with Crippen molar-refractivity contribution in [1.29, 1.82) is 0 Å². The van der Waals surface area contributed by atoms with Crippen molar-refractivity contribution in [2.24, 2.45) is 0 Å². The van der Waals surface area contributed by atoms with Gasteiger partial charge in [-0.1, -0.05) is 30.3 Å². The largest absolute Gasteiger partial charge is 0.305 e. The molecule has 2 aromatic carbocycles. The molecule has 5 nitrogen and oxygen atoms in total. The molecule has 1 unspecified atom stereocenters. The average molecular weight is 356 g/mol. The van der Waals surface area contributed by atoms with Crippen LogP contribution in [0.15, 0.2) is 66.1 Å². The predicted octanol–water partition coefficient (Wildman–Crippen LogP) is 2.74. The van der Waals surface area contributed by atoms with E-state index in [-0.39, 0.29) is 23.4 Å². The molecule has 0 fully saturated rings. The number of sulfonamides is 1. The number of carbonyl (C=O) groups excluding carboxylic acids is 1. The number of anilines is 1. The Morgan fingerprint density at radius 3 is 2.80 bits per heavy atom. The summed E-state index contributed by atoms with van der Waals surface area (Å²) in [6, 6.07) is 13.9. The molecular formula is C19H20N2O3S. The van der Waals surface area contributed by atoms with Crippen molar-refractivity contribution >= 4 is 21.6 Å². The molecule has 0 spiro atoms. The minimum Gasteiger partial charge on any atom is -0.305 e. The first-order chi connectivity index (χ1) is 11.9. The lowest BCUT2D eigenvalue weighted by molar-refractivity contribution is 0.0981. The topological polar surface area (TPSA) is 66.5 Å². The van der Waals surface area contributed by atoms with Crippen LogP contribution in [0.4, 0.5) is 5.69 Å². The summed E-state index contributed by atoms with van der Waals surface area (Å²) in [4.78, 5) is 14.8. The predicted molar refractivity (Wildman–Crippen MR) is 98.2 cm³/mol. The molecule has 1 aliphatic rings. The summed E-state index contributed by atoms with van der Waals surface area (Å²) in [5.74, 6) is -0.196. The van der Waals surface area contributed by atoms with Crippen LogP contribution in [0.5, 0.6) is 0 Å². The van der Waals surface area contributed by atoms with E-state index in [9.17, 15) is 13.2 Å². The fraction of sp³-hybridized carbons (Fsp3) is 0.211. The van der Waals surface area contributed by atoms with E-state index < -0.39 is 10.0 Å². The van der Waals surface area contributed by atoms with Gasteiger partial charge in [0.2, 0.25) is 10.0 Å². The van der Waals surface area contributed by atoms with Crippen LogP contribution in [0.3, 0.4) is 0 Å². The summed E-state index contributed by atoms with van der Waals surface area (Å²) in [6.45, 7) is 5.62. The number of carbonyl (C=O) groups is 1. The lowest BCUT2D eigenvalue weighted by atomic mass is 10.1. The van der Waals surface area contributed by atoms with E-state index in [1.54, 1.807) is 17.0 Å². The van der Waals surface area contributed by atoms with Gasteiger partial charge in [-0.2, -0.15) is 0 Å². The van der Waals surface area contributed by atoms with Gasteiger partial charge in [0.25, 0.3) is 5.91 Å². The van der Waals surface area contributed by atoms with Crippen LogP contribution in [0, 0.1) is 0 Å². The van der Waals surface area contributed by atoms with E-state index in [1.807, 2.05) is 31.2 Å². The van der Waals surface area contributed by atoms with Gasteiger partial charge in [0.15, 0.2) is 0 Å². The Bertz CT molecular complexity index is 922. The monoisotopic (exact) mass is 356 g/mol. The second kappa shape index (κ2) is 6.82. The third-order valence-electron chi connectivity index (χ3n) is 4.24. The lowest BCUT2D eigenvalue weighted by Crippen LogP contribution is -2.35. The summed E-state index contributed by atoms with van der Waals surface area (Å²) >= 11 is 0. The smallest absolute Gasteiger partial charge is 0.258 e. The molecule has 3 rings (SSSR count). The summed E-state index contributed by atoms with van der Waals surface area (Å²) in [5, 5.41) is 0. The Hall–Kier alpha value is -2.44. The first kappa shape index (κ1) is 17.4. The number of hydrogen-bond acceptors (Lipinski definition) is 3. The van der Waals surface area contributed by atoms with Crippen LogP contribution in [-0.2, 0) is 16.4 Å². The van der Waals surface area contributed by atoms with Crippen LogP contribution in [0.2, 0.25) is 0 Å². The SMILES string of the molecule is C=CCNS(=O)(=O)c1cccc(C(=O)N2c3ccccc3CC2C)c1. The zero-order valence-electron chi connectivity index (χ0n) is 14.0. The van der Waals surface area contributed by atoms with E-state index in [0.29, 0.717) is 5.56 Å². The highest BCUT2D eigenvalue weighted by molar-refractivity contribution is 7.89. The van der Waals surface area contributed by atoms with E-state index in [4.69, 9.17) is 0 Å². The second-order valence-corrected chi connectivity index (χ2v) is 7.79. The quantitative estimate of drug-likeness (QED) is 0.838. The third kappa shape index (κ3) is 3.36. The molecule has 1 amide bonds. The van der Waals surface area contributed by atoms with Crippen molar-refractivity contribution in [3.05, 3.63) is 72.3 Å². The molecule has 0 saturated carbocycles. The molecule has 1 heterocycles. The maximum atomic E-state index is 13.0. The zero-order valence-corrected chi connectivity index (χ0v) is 14.8. The number of nitrogens with one attached hydrogen (secondary N) is 1. The first-order valence-electron chi connectivity index (χ1n) is 8.06. The molecule has 1 N–H and O–H groups in total. The first-order valence-corrected chi connectivity index (χ1v) is 9.54. The normalized spacial score (nSPS) is 16.5. The molecule has 130 valence electrons. The van der Waals surface area contributed by atoms with Crippen LogP contribution in [0.25, 0.3) is 0 Å². The van der Waals surface area contributed by atoms with Crippen LogP contribution in [-0.4, -0.2) is 26.9 Å². The molecule has 6 heteroatoms. The number of benzene rings is 2.